The number of nitrogens with zero attached hydrogens (tertiary/aromatic N) is 3. The van der Waals surface area contributed by atoms with E-state index in [2.05, 4.69) is 33.9 Å². The molecule has 0 fully saturated rings. The third-order valence-corrected chi connectivity index (χ3v) is 4.11. The summed E-state index contributed by atoms with van der Waals surface area (Å²) < 4.78 is 8.00. The molecule has 17 heavy (non-hydrogen) atoms. The molecule has 94 valence electrons. The van der Waals surface area contributed by atoms with E-state index in [1.807, 2.05) is 6.92 Å². The van der Waals surface area contributed by atoms with E-state index in [1.54, 1.807) is 10.8 Å². The highest BCUT2D eigenvalue weighted by molar-refractivity contribution is 9.10. The minimum atomic E-state index is -0.440. The van der Waals surface area contributed by atoms with Crippen molar-refractivity contribution in [2.24, 2.45) is 0 Å². The van der Waals surface area contributed by atoms with Gasteiger partial charge in [-0.1, -0.05) is 15.5 Å². The summed E-state index contributed by atoms with van der Waals surface area (Å²) in [5.74, 6) is 0.192. The summed E-state index contributed by atoms with van der Waals surface area (Å²) in [7, 11) is 0.561. The zero-order chi connectivity index (χ0) is 12.8. The van der Waals surface area contributed by atoms with Crippen LogP contribution in [0, 0.1) is 11.3 Å². The van der Waals surface area contributed by atoms with Crippen LogP contribution in [0.15, 0.2) is 10.8 Å². The number of nitrogen functional groups attached to an aromatic ring is 1. The Morgan fingerprint density at radius 3 is 2.82 bits per heavy atom. The summed E-state index contributed by atoms with van der Waals surface area (Å²) in [6.07, 6.45) is 2.58. The maximum atomic E-state index is 9.32. The maximum Gasteiger partial charge on any atom is 0.202 e. The lowest BCUT2D eigenvalue weighted by molar-refractivity contribution is 0.0993. The van der Waals surface area contributed by atoms with Gasteiger partial charge in [0.05, 0.1) is 12.3 Å². The van der Waals surface area contributed by atoms with Gasteiger partial charge in [0.1, 0.15) is 10.4 Å². The van der Waals surface area contributed by atoms with Crippen LogP contribution in [0.5, 0.6) is 0 Å². The van der Waals surface area contributed by atoms with E-state index in [0.717, 1.165) is 6.16 Å². The van der Waals surface area contributed by atoms with Gasteiger partial charge < -0.3 is 10.5 Å². The second-order valence-corrected chi connectivity index (χ2v) is 5.81. The number of anilines is 1. The van der Waals surface area contributed by atoms with Gasteiger partial charge in [-0.2, -0.15) is 5.26 Å². The summed E-state index contributed by atoms with van der Waals surface area (Å²) in [6, 6.07) is 1.81. The Labute approximate surface area is 111 Å². The topological polar surface area (TPSA) is 76.9 Å². The number of nitrogens with two attached hydrogens (primary N) is 1. The summed E-state index contributed by atoms with van der Waals surface area (Å²) in [6.45, 7) is 4.58. The first-order chi connectivity index (χ1) is 8.15. The molecule has 1 heterocycles. The Morgan fingerprint density at radius 1 is 1.71 bits per heavy atom. The van der Waals surface area contributed by atoms with Crippen LogP contribution in [0.3, 0.4) is 0 Å². The molecule has 0 saturated carbocycles. The summed E-state index contributed by atoms with van der Waals surface area (Å²) in [5.41, 5.74) is 5.77. The van der Waals surface area contributed by atoms with E-state index < -0.39 is 6.04 Å². The number of hydrogen-bond donors (Lipinski definition) is 1. The molecule has 3 unspecified atom stereocenters. The molecule has 2 N–H and O–H groups in total. The highest BCUT2D eigenvalue weighted by atomic mass is 79.9. The number of ether oxygens (including phenoxy) is 1. The first-order valence-corrected chi connectivity index (χ1v) is 7.46. The van der Waals surface area contributed by atoms with Gasteiger partial charge in [-0.3, -0.25) is 4.57 Å². The van der Waals surface area contributed by atoms with Crippen molar-refractivity contribution in [3.05, 3.63) is 10.8 Å². The van der Waals surface area contributed by atoms with Crippen LogP contribution in [0.1, 0.15) is 19.9 Å². The average molecular weight is 319 g/mol. The van der Waals surface area contributed by atoms with Crippen molar-refractivity contribution < 1.29 is 4.74 Å². The number of nitriles is 1. The molecule has 0 bridgehead atoms. The SMILES string of the molecule is CCOC(PCC)C(C#N)n1c(Br)cnc1N. The fraction of sp³-hybridized carbons (Fsp3) is 0.600. The van der Waals surface area contributed by atoms with Gasteiger partial charge in [0.2, 0.25) is 5.95 Å². The molecule has 0 amide bonds. The average Bonchev–Trinajstić information content (AvgIpc) is 2.62. The van der Waals surface area contributed by atoms with E-state index in [-0.39, 0.29) is 5.85 Å². The van der Waals surface area contributed by atoms with Gasteiger partial charge in [-0.15, -0.1) is 0 Å². The number of aromatic nitrogens is 2. The summed E-state index contributed by atoms with van der Waals surface area (Å²) in [4.78, 5) is 3.98. The van der Waals surface area contributed by atoms with E-state index in [0.29, 0.717) is 25.7 Å². The van der Waals surface area contributed by atoms with Crippen LogP contribution in [-0.4, -0.2) is 28.2 Å². The lowest BCUT2D eigenvalue weighted by atomic mass is 10.3. The molecule has 7 heteroatoms. The van der Waals surface area contributed by atoms with Crippen LogP contribution in [0.25, 0.3) is 0 Å². The highest BCUT2D eigenvalue weighted by Crippen LogP contribution is 2.33. The highest BCUT2D eigenvalue weighted by Gasteiger charge is 2.26. The van der Waals surface area contributed by atoms with Crippen molar-refractivity contribution in [3.63, 3.8) is 0 Å². The predicted octanol–water partition coefficient (Wildman–Crippen LogP) is 2.35. The lowest BCUT2D eigenvalue weighted by Crippen LogP contribution is -2.24. The number of hydrogen-bond acceptors (Lipinski definition) is 4. The van der Waals surface area contributed by atoms with Crippen molar-refractivity contribution in [2.45, 2.75) is 25.7 Å². The zero-order valence-electron chi connectivity index (χ0n) is 9.85. The second-order valence-electron chi connectivity index (χ2n) is 3.32. The molecule has 0 aliphatic rings. The van der Waals surface area contributed by atoms with E-state index in [1.165, 1.54) is 0 Å². The van der Waals surface area contributed by atoms with Gasteiger partial charge >= 0.3 is 0 Å². The largest absolute Gasteiger partial charge is 0.371 e. The van der Waals surface area contributed by atoms with Gasteiger partial charge in [0.15, 0.2) is 6.04 Å². The van der Waals surface area contributed by atoms with Crippen molar-refractivity contribution in [3.8, 4) is 6.07 Å². The van der Waals surface area contributed by atoms with Crippen molar-refractivity contribution >= 4 is 30.5 Å². The zero-order valence-corrected chi connectivity index (χ0v) is 12.4. The monoisotopic (exact) mass is 318 g/mol. The number of halogens is 1. The number of rotatable bonds is 6. The van der Waals surface area contributed by atoms with Crippen LogP contribution in [0.2, 0.25) is 0 Å². The molecule has 0 aliphatic heterocycles. The van der Waals surface area contributed by atoms with Crippen molar-refractivity contribution in [2.75, 3.05) is 18.5 Å². The van der Waals surface area contributed by atoms with Crippen LogP contribution < -0.4 is 5.73 Å². The lowest BCUT2D eigenvalue weighted by Gasteiger charge is -2.23. The molecule has 1 aromatic rings. The van der Waals surface area contributed by atoms with Crippen molar-refractivity contribution in [1.29, 1.82) is 5.26 Å². The summed E-state index contributed by atoms with van der Waals surface area (Å²) >= 11 is 3.35. The molecule has 3 atom stereocenters. The second kappa shape index (κ2) is 6.95. The Kier molecular flexibility index (Phi) is 5.90. The van der Waals surface area contributed by atoms with Crippen LogP contribution in [-0.2, 0) is 4.74 Å². The normalized spacial score (nSPS) is 14.9. The smallest absolute Gasteiger partial charge is 0.202 e. The van der Waals surface area contributed by atoms with E-state index in [9.17, 15) is 5.26 Å². The van der Waals surface area contributed by atoms with Crippen molar-refractivity contribution in [1.82, 2.24) is 9.55 Å². The Bertz CT molecular complexity index is 378. The molecule has 1 aromatic heterocycles. The first kappa shape index (κ1) is 14.4. The quantitative estimate of drug-likeness (QED) is 0.817. The van der Waals surface area contributed by atoms with E-state index >= 15 is 0 Å². The number of imidazole rings is 1. The molecule has 0 saturated heterocycles. The minimum absolute atomic E-state index is 0.136. The Balaban J connectivity index is 3.00. The molecule has 0 aromatic carbocycles. The third kappa shape index (κ3) is 3.41. The standard InChI is InChI=1S/C10H16BrN4OP/c1-3-16-9(17-4-2)7(5-12)15-8(11)6-14-10(15)13/h6-7,9,17H,3-4H2,1-2H3,(H2,13,14). The van der Waals surface area contributed by atoms with Gasteiger partial charge in [-0.05, 0) is 29.0 Å². The van der Waals surface area contributed by atoms with Gasteiger partial charge in [0.25, 0.3) is 0 Å². The van der Waals surface area contributed by atoms with Crippen LogP contribution >= 0.6 is 24.5 Å². The Morgan fingerprint density at radius 2 is 2.41 bits per heavy atom. The van der Waals surface area contributed by atoms with Gasteiger partial charge in [-0.25, -0.2) is 4.98 Å². The van der Waals surface area contributed by atoms with Gasteiger partial charge in [0, 0.05) is 6.61 Å². The molecule has 0 aliphatic carbocycles. The van der Waals surface area contributed by atoms with E-state index in [4.69, 9.17) is 10.5 Å². The molecular weight excluding hydrogens is 303 g/mol. The minimum Gasteiger partial charge on any atom is -0.371 e. The Hall–Kier alpha value is -0.630. The molecular formula is C10H16BrN4OP. The third-order valence-electron chi connectivity index (χ3n) is 2.23. The summed E-state index contributed by atoms with van der Waals surface area (Å²) in [5, 5.41) is 9.32. The molecule has 5 nitrogen and oxygen atoms in total. The van der Waals surface area contributed by atoms with Crippen LogP contribution in [0.4, 0.5) is 5.95 Å². The molecule has 1 rings (SSSR count). The molecule has 0 spiro atoms. The predicted molar refractivity (Wildman–Crippen MR) is 73.3 cm³/mol. The molecule has 0 radical (unpaired) electrons. The first-order valence-electron chi connectivity index (χ1n) is 5.38. The fourth-order valence-corrected chi connectivity index (χ4v) is 3.17. The maximum absolute atomic E-state index is 9.32. The fourth-order valence-electron chi connectivity index (χ4n) is 1.53.